The van der Waals surface area contributed by atoms with Crippen LogP contribution in [0.15, 0.2) is 65.1 Å². The van der Waals surface area contributed by atoms with E-state index in [1.165, 1.54) is 23.1 Å². The van der Waals surface area contributed by atoms with Crippen molar-refractivity contribution in [2.75, 3.05) is 11.1 Å². The van der Waals surface area contributed by atoms with Gasteiger partial charge in [-0.15, -0.1) is 21.5 Å². The molecule has 0 aliphatic rings. The van der Waals surface area contributed by atoms with E-state index in [0.29, 0.717) is 21.1 Å². The molecule has 0 radical (unpaired) electrons. The standard InChI is InChI=1S/C20H16ClN5OS2/c1-26-18(14-8-5-9-15(21)10-14)24-25-20(26)29-12-17(27)23-19-22-16(11-28-19)13-6-3-2-4-7-13/h2-11H,12H2,1H3,(H,22,23,27). The van der Waals surface area contributed by atoms with Crippen LogP contribution in [0.1, 0.15) is 0 Å². The fourth-order valence-corrected chi connectivity index (χ4v) is 4.31. The van der Waals surface area contributed by atoms with E-state index in [9.17, 15) is 4.79 Å². The summed E-state index contributed by atoms with van der Waals surface area (Å²) in [6, 6.07) is 17.3. The number of thiazole rings is 1. The van der Waals surface area contributed by atoms with Crippen molar-refractivity contribution in [3.63, 3.8) is 0 Å². The summed E-state index contributed by atoms with van der Waals surface area (Å²) < 4.78 is 1.85. The van der Waals surface area contributed by atoms with E-state index in [2.05, 4.69) is 20.5 Å². The Hall–Kier alpha value is -2.68. The number of rotatable bonds is 6. The third kappa shape index (κ3) is 4.67. The van der Waals surface area contributed by atoms with Gasteiger partial charge in [-0.1, -0.05) is 65.8 Å². The monoisotopic (exact) mass is 441 g/mol. The number of benzene rings is 2. The predicted octanol–water partition coefficient (Wildman–Crippen LogP) is 4.99. The van der Waals surface area contributed by atoms with Crippen LogP contribution in [0.3, 0.4) is 0 Å². The molecule has 2 heterocycles. The number of hydrogen-bond donors (Lipinski definition) is 1. The van der Waals surface area contributed by atoms with Crippen LogP contribution in [0.25, 0.3) is 22.6 Å². The maximum Gasteiger partial charge on any atom is 0.236 e. The quantitative estimate of drug-likeness (QED) is 0.427. The molecule has 0 saturated heterocycles. The van der Waals surface area contributed by atoms with E-state index < -0.39 is 0 Å². The van der Waals surface area contributed by atoms with Crippen LogP contribution in [0.4, 0.5) is 5.13 Å². The first-order valence-corrected chi connectivity index (χ1v) is 10.9. The summed E-state index contributed by atoms with van der Waals surface area (Å²) in [5.74, 6) is 0.765. The highest BCUT2D eigenvalue weighted by Gasteiger charge is 2.14. The van der Waals surface area contributed by atoms with Gasteiger partial charge in [-0.25, -0.2) is 4.98 Å². The number of halogens is 1. The molecule has 0 saturated carbocycles. The SMILES string of the molecule is Cn1c(SCC(=O)Nc2nc(-c3ccccc3)cs2)nnc1-c1cccc(Cl)c1. The number of nitrogens with zero attached hydrogens (tertiary/aromatic N) is 4. The molecule has 29 heavy (non-hydrogen) atoms. The van der Waals surface area contributed by atoms with Gasteiger partial charge in [0.25, 0.3) is 0 Å². The van der Waals surface area contributed by atoms with Gasteiger partial charge in [0.05, 0.1) is 11.4 Å². The Morgan fingerprint density at radius 1 is 1.14 bits per heavy atom. The molecule has 4 aromatic rings. The molecule has 0 bridgehead atoms. The lowest BCUT2D eigenvalue weighted by atomic mass is 10.2. The normalized spacial score (nSPS) is 10.8. The van der Waals surface area contributed by atoms with Crippen LogP contribution in [-0.2, 0) is 11.8 Å². The zero-order valence-corrected chi connectivity index (χ0v) is 17.8. The second kappa shape index (κ2) is 8.77. The molecule has 2 aromatic heterocycles. The number of anilines is 1. The highest BCUT2D eigenvalue weighted by Crippen LogP contribution is 2.26. The van der Waals surface area contributed by atoms with Crippen LogP contribution in [0, 0.1) is 0 Å². The maximum atomic E-state index is 12.3. The van der Waals surface area contributed by atoms with Gasteiger partial charge in [0.1, 0.15) is 0 Å². The van der Waals surface area contributed by atoms with Gasteiger partial charge >= 0.3 is 0 Å². The summed E-state index contributed by atoms with van der Waals surface area (Å²) in [5.41, 5.74) is 2.74. The highest BCUT2D eigenvalue weighted by molar-refractivity contribution is 7.99. The molecule has 0 unspecified atom stereocenters. The fraction of sp³-hybridized carbons (Fsp3) is 0.100. The zero-order valence-electron chi connectivity index (χ0n) is 15.4. The molecule has 4 rings (SSSR count). The number of aromatic nitrogens is 4. The van der Waals surface area contributed by atoms with Gasteiger partial charge in [0.2, 0.25) is 5.91 Å². The molecule has 146 valence electrons. The number of amides is 1. The Labute approximate surface area is 181 Å². The lowest BCUT2D eigenvalue weighted by molar-refractivity contribution is -0.113. The van der Waals surface area contributed by atoms with Crippen molar-refractivity contribution in [3.05, 3.63) is 65.0 Å². The van der Waals surface area contributed by atoms with E-state index in [1.807, 2.05) is 71.6 Å². The minimum atomic E-state index is -0.142. The third-order valence-electron chi connectivity index (χ3n) is 4.07. The average molecular weight is 442 g/mol. The van der Waals surface area contributed by atoms with E-state index in [1.54, 1.807) is 0 Å². The number of carbonyl (C=O) groups is 1. The van der Waals surface area contributed by atoms with Gasteiger partial charge in [0, 0.05) is 28.6 Å². The Balaban J connectivity index is 1.38. The minimum absolute atomic E-state index is 0.142. The number of nitrogens with one attached hydrogen (secondary N) is 1. The molecule has 0 atom stereocenters. The van der Waals surface area contributed by atoms with Crippen LogP contribution in [0.2, 0.25) is 5.02 Å². The molecule has 0 aliphatic carbocycles. The molecule has 0 aliphatic heterocycles. The molecule has 0 fully saturated rings. The van der Waals surface area contributed by atoms with Gasteiger partial charge in [-0.2, -0.15) is 0 Å². The second-order valence-corrected chi connectivity index (χ2v) is 8.35. The van der Waals surface area contributed by atoms with Crippen molar-refractivity contribution in [1.29, 1.82) is 0 Å². The van der Waals surface area contributed by atoms with Gasteiger partial charge in [-0.05, 0) is 12.1 Å². The summed E-state index contributed by atoms with van der Waals surface area (Å²) in [6.07, 6.45) is 0. The summed E-state index contributed by atoms with van der Waals surface area (Å²) in [7, 11) is 1.86. The van der Waals surface area contributed by atoms with Gasteiger partial charge in [-0.3, -0.25) is 4.79 Å². The van der Waals surface area contributed by atoms with Gasteiger partial charge < -0.3 is 9.88 Å². The molecule has 9 heteroatoms. The average Bonchev–Trinajstić information content (AvgIpc) is 3.34. The minimum Gasteiger partial charge on any atom is -0.305 e. The van der Waals surface area contributed by atoms with E-state index in [0.717, 1.165) is 16.8 Å². The van der Waals surface area contributed by atoms with E-state index in [4.69, 9.17) is 11.6 Å². The summed E-state index contributed by atoms with van der Waals surface area (Å²) in [4.78, 5) is 16.8. The van der Waals surface area contributed by atoms with Crippen molar-refractivity contribution in [3.8, 4) is 22.6 Å². The van der Waals surface area contributed by atoms with E-state index >= 15 is 0 Å². The third-order valence-corrected chi connectivity index (χ3v) is 6.08. The van der Waals surface area contributed by atoms with Crippen LogP contribution < -0.4 is 5.32 Å². The summed E-state index contributed by atoms with van der Waals surface area (Å²) >= 11 is 8.77. The smallest absolute Gasteiger partial charge is 0.236 e. The molecule has 2 aromatic carbocycles. The molecule has 6 nitrogen and oxygen atoms in total. The van der Waals surface area contributed by atoms with Crippen LogP contribution in [-0.4, -0.2) is 31.4 Å². The van der Waals surface area contributed by atoms with Crippen molar-refractivity contribution in [2.45, 2.75) is 5.16 Å². The van der Waals surface area contributed by atoms with Crippen LogP contribution >= 0.6 is 34.7 Å². The Morgan fingerprint density at radius 2 is 1.93 bits per heavy atom. The predicted molar refractivity (Wildman–Crippen MR) is 118 cm³/mol. The first-order chi connectivity index (χ1) is 14.1. The molecule has 0 spiro atoms. The van der Waals surface area contributed by atoms with Crippen molar-refractivity contribution in [2.24, 2.45) is 7.05 Å². The first kappa shape index (κ1) is 19.6. The highest BCUT2D eigenvalue weighted by atomic mass is 35.5. The maximum absolute atomic E-state index is 12.3. The summed E-state index contributed by atoms with van der Waals surface area (Å²) in [5, 5.41) is 15.0. The lowest BCUT2D eigenvalue weighted by Crippen LogP contribution is -2.14. The van der Waals surface area contributed by atoms with Crippen LogP contribution in [0.5, 0.6) is 0 Å². The Kier molecular flexibility index (Phi) is 5.94. The number of carbonyl (C=O) groups excluding carboxylic acids is 1. The molecular formula is C20H16ClN5OS2. The zero-order chi connectivity index (χ0) is 20.2. The number of hydrogen-bond acceptors (Lipinski definition) is 6. The van der Waals surface area contributed by atoms with Crippen molar-refractivity contribution < 1.29 is 4.79 Å². The Bertz CT molecular complexity index is 1140. The fourth-order valence-electron chi connectivity index (χ4n) is 2.68. The van der Waals surface area contributed by atoms with E-state index in [-0.39, 0.29) is 11.7 Å². The summed E-state index contributed by atoms with van der Waals surface area (Å²) in [6.45, 7) is 0. The molecular weight excluding hydrogens is 426 g/mol. The largest absolute Gasteiger partial charge is 0.305 e. The molecule has 1 amide bonds. The second-order valence-electron chi connectivity index (χ2n) is 6.12. The first-order valence-electron chi connectivity index (χ1n) is 8.69. The lowest BCUT2D eigenvalue weighted by Gasteiger charge is -2.04. The number of thioether (sulfide) groups is 1. The van der Waals surface area contributed by atoms with Gasteiger partial charge in [0.15, 0.2) is 16.1 Å². The molecule has 1 N–H and O–H groups in total. The van der Waals surface area contributed by atoms with Crippen molar-refractivity contribution >= 4 is 45.7 Å². The topological polar surface area (TPSA) is 72.7 Å². The Morgan fingerprint density at radius 3 is 2.72 bits per heavy atom. The van der Waals surface area contributed by atoms with Crippen molar-refractivity contribution in [1.82, 2.24) is 19.7 Å².